The molecule has 30 nitrogen and oxygen atoms in total. The molecule has 0 aliphatic carbocycles. The lowest BCUT2D eigenvalue weighted by molar-refractivity contribution is -0.141. The van der Waals surface area contributed by atoms with Gasteiger partial charge in [0.15, 0.2) is 0 Å². The Morgan fingerprint density at radius 3 is 1.16 bits per heavy atom. The number of anilines is 4. The van der Waals surface area contributed by atoms with Gasteiger partial charge in [0.25, 0.3) is 0 Å². The summed E-state index contributed by atoms with van der Waals surface area (Å²) in [6, 6.07) is 18.6. The number of nitrogens with zero attached hydrogens (tertiary/aromatic N) is 8. The van der Waals surface area contributed by atoms with E-state index in [0.717, 1.165) is 38.4 Å². The first-order valence-corrected chi connectivity index (χ1v) is 37.1. The maximum Gasteiger partial charge on any atom is 0.407 e. The number of carbonyl (C=O) groups excluding carboxylic acids is 12. The van der Waals surface area contributed by atoms with E-state index in [2.05, 4.69) is 71.9 Å². The third kappa shape index (κ3) is 19.9. The molecule has 576 valence electrons. The van der Waals surface area contributed by atoms with E-state index in [9.17, 15) is 57.5 Å². The van der Waals surface area contributed by atoms with Crippen molar-refractivity contribution in [2.45, 2.75) is 182 Å². The topological polar surface area (TPSA) is 384 Å². The lowest BCUT2D eigenvalue weighted by Gasteiger charge is -2.30. The van der Waals surface area contributed by atoms with Crippen molar-refractivity contribution in [1.82, 2.24) is 60.8 Å². The van der Waals surface area contributed by atoms with Gasteiger partial charge in [-0.3, -0.25) is 58.6 Å². The first-order valence-electron chi connectivity index (χ1n) is 37.1. The summed E-state index contributed by atoms with van der Waals surface area (Å²) in [5, 5.41) is 24.7. The molecular formula is C78H100N16O14. The molecule has 4 aliphatic rings. The zero-order valence-electron chi connectivity index (χ0n) is 63.4. The summed E-state index contributed by atoms with van der Waals surface area (Å²) in [6.45, 7) is 19.9. The van der Waals surface area contributed by atoms with Gasteiger partial charge in [-0.05, 0) is 145 Å². The Morgan fingerprint density at radius 2 is 0.731 bits per heavy atom. The van der Waals surface area contributed by atoms with Gasteiger partial charge in [0, 0.05) is 79.9 Å². The number of carbonyl (C=O) groups is 12. The normalized spacial score (nSPS) is 18.0. The minimum absolute atomic E-state index is 0.102. The number of aromatic nitrogens is 4. The fraction of sp³-hybridized carbons (Fsp3) is 0.487. The van der Waals surface area contributed by atoms with Gasteiger partial charge in [-0.15, -0.1) is 0 Å². The molecular weight excluding hydrogens is 1380 g/mol. The van der Waals surface area contributed by atoms with Crippen LogP contribution in [0, 0.1) is 23.7 Å². The minimum atomic E-state index is -0.834. The van der Waals surface area contributed by atoms with Gasteiger partial charge >= 0.3 is 12.2 Å². The van der Waals surface area contributed by atoms with E-state index in [4.69, 9.17) is 0 Å². The summed E-state index contributed by atoms with van der Waals surface area (Å²) in [5.41, 5.74) is 5.14. The van der Waals surface area contributed by atoms with Gasteiger partial charge in [0.1, 0.15) is 48.3 Å². The van der Waals surface area contributed by atoms with Crippen molar-refractivity contribution in [3.8, 4) is 22.3 Å². The van der Waals surface area contributed by atoms with Crippen LogP contribution in [0.1, 0.15) is 133 Å². The van der Waals surface area contributed by atoms with Gasteiger partial charge in [-0.2, -0.15) is 0 Å². The first kappa shape index (κ1) is 80.9. The number of hydrogen-bond acceptors (Lipinski definition) is 18. The quantitative estimate of drug-likeness (QED) is 0.0283. The van der Waals surface area contributed by atoms with Crippen molar-refractivity contribution in [3.05, 3.63) is 97.5 Å². The zero-order chi connectivity index (χ0) is 78.2. The highest BCUT2D eigenvalue weighted by Crippen LogP contribution is 2.32. The standard InChI is InChI=1S/2C39H50N8O7/c1-7-31(48)43-32(22(2)3)36(51)47-19-9-11-30(47)35(50)45-38-40-21-26-20-25(14-17-28(26)42-38)24-12-15-27(16-13-24)41-34(49)29-10-8-18-46(29)37(52)33(23(4)5)44-39(53)54-6;1-7-31(48)43-32(22(2)3)36(51)46-16-8-10-29(46)34(49)42-28-15-14-24-18-25(12-13-26(24)19-28)27-20-40-38(41-21-27)45-35(50)30-11-9-17-47(30)37(52)33(23(4)5)44-39(53)54-6/h12-17,20-23,29-30,32-33H,7-11,18-19H2,1-6H3,(H,41,49)(H,43,48)(H,44,53)(H,40,42,45,50);12-15,18-23,29-30,32-33H,7-11,16-17H2,1-6H3,(H,42,49)(H,43,48)(H,44,53)(H,40,41,45,50)/t2*29-,30-,32-,33-/m00/s1. The molecule has 4 aliphatic heterocycles. The monoisotopic (exact) mass is 1480 g/mol. The Kier molecular flexibility index (Phi) is 27.6. The van der Waals surface area contributed by atoms with Gasteiger partial charge < -0.3 is 61.0 Å². The number of rotatable bonds is 24. The van der Waals surface area contributed by atoms with Crippen molar-refractivity contribution in [2.75, 3.05) is 61.7 Å². The Labute approximate surface area is 628 Å². The van der Waals surface area contributed by atoms with Crippen LogP contribution in [0.3, 0.4) is 0 Å². The molecule has 6 heterocycles. The highest BCUT2D eigenvalue weighted by molar-refractivity contribution is 6.03. The molecule has 30 heteroatoms. The SMILES string of the molecule is CCC(=O)N[C@H](C(=O)N1CCC[C@H]1C(=O)Nc1ccc2cc(-c3cnc(NC(=O)[C@@H]4CCCN4C(=O)[C@@H](NC(=O)OC)C(C)C)nc3)ccc2c1)C(C)C.CCC(=O)N[C@H](C(=O)N1CCC[C@H]1C(=O)Nc1ncc2cc(-c3ccc(NC(=O)[C@@H]4CCCN4C(=O)[C@@H](NC(=O)OC)C(C)C)cc3)ccc2n1)C(C)C. The highest BCUT2D eigenvalue weighted by Gasteiger charge is 2.43. The van der Waals surface area contributed by atoms with Gasteiger partial charge in [0.05, 0.1) is 19.7 Å². The second-order valence-electron chi connectivity index (χ2n) is 28.8. The second-order valence-corrected chi connectivity index (χ2v) is 28.8. The molecule has 10 rings (SSSR count). The predicted molar refractivity (Wildman–Crippen MR) is 406 cm³/mol. The Balaban J connectivity index is 0.000000249. The lowest BCUT2D eigenvalue weighted by Crippen LogP contribution is -2.54. The third-order valence-corrected chi connectivity index (χ3v) is 19.9. The molecule has 2 aromatic heterocycles. The molecule has 4 aromatic carbocycles. The van der Waals surface area contributed by atoms with Crippen LogP contribution in [-0.2, 0) is 57.4 Å². The highest BCUT2D eigenvalue weighted by atomic mass is 16.5. The summed E-state index contributed by atoms with van der Waals surface area (Å²) >= 11 is 0. The summed E-state index contributed by atoms with van der Waals surface area (Å²) in [4.78, 5) is 179. The van der Waals surface area contributed by atoms with E-state index in [1.807, 2.05) is 122 Å². The average Bonchev–Trinajstić information content (AvgIpc) is 1.28. The summed E-state index contributed by atoms with van der Waals surface area (Å²) in [5.74, 6) is -3.41. The minimum Gasteiger partial charge on any atom is -0.453 e. The zero-order valence-corrected chi connectivity index (χ0v) is 63.4. The van der Waals surface area contributed by atoms with Crippen molar-refractivity contribution in [2.24, 2.45) is 23.7 Å². The van der Waals surface area contributed by atoms with Crippen LogP contribution < -0.4 is 42.5 Å². The number of benzene rings is 4. The van der Waals surface area contributed by atoms with Crippen LogP contribution in [0.2, 0.25) is 0 Å². The van der Waals surface area contributed by atoms with Crippen LogP contribution >= 0.6 is 0 Å². The van der Waals surface area contributed by atoms with Crippen molar-refractivity contribution in [1.29, 1.82) is 0 Å². The van der Waals surface area contributed by atoms with Crippen molar-refractivity contribution < 1.29 is 67.0 Å². The first-order chi connectivity index (χ1) is 51.6. The fourth-order valence-corrected chi connectivity index (χ4v) is 13.8. The number of ether oxygens (including phenoxy) is 2. The average molecular weight is 1490 g/mol. The number of alkyl carbamates (subject to hydrolysis) is 2. The Hall–Kier alpha value is -11.2. The molecule has 0 unspecified atom stereocenters. The molecule has 0 spiro atoms. The third-order valence-electron chi connectivity index (χ3n) is 19.9. The molecule has 0 bridgehead atoms. The number of amides is 12. The fourth-order valence-electron chi connectivity index (χ4n) is 13.8. The predicted octanol–water partition coefficient (Wildman–Crippen LogP) is 8.17. The second kappa shape index (κ2) is 36.9. The van der Waals surface area contributed by atoms with Crippen molar-refractivity contribution >= 4 is 116 Å². The molecule has 0 saturated carbocycles. The van der Waals surface area contributed by atoms with Crippen LogP contribution in [0.4, 0.5) is 32.9 Å². The van der Waals surface area contributed by atoms with Crippen LogP contribution in [-0.4, -0.2) is 200 Å². The van der Waals surface area contributed by atoms with Crippen LogP contribution in [0.5, 0.6) is 0 Å². The summed E-state index contributed by atoms with van der Waals surface area (Å²) < 4.78 is 9.36. The van der Waals surface area contributed by atoms with E-state index in [1.54, 1.807) is 54.4 Å². The summed E-state index contributed by atoms with van der Waals surface area (Å²) in [6.07, 6.45) is 8.67. The van der Waals surface area contributed by atoms with Gasteiger partial charge in [-0.25, -0.2) is 29.5 Å². The molecule has 108 heavy (non-hydrogen) atoms. The number of likely N-dealkylation sites (tertiary alicyclic amines) is 4. The molecule has 0 radical (unpaired) electrons. The molecule has 8 atom stereocenters. The van der Waals surface area contributed by atoms with E-state index >= 15 is 0 Å². The number of nitrogens with one attached hydrogen (secondary N) is 8. The van der Waals surface area contributed by atoms with Crippen LogP contribution in [0.15, 0.2) is 97.5 Å². The smallest absolute Gasteiger partial charge is 0.407 e. The van der Waals surface area contributed by atoms with E-state index < -0.39 is 66.4 Å². The maximum atomic E-state index is 13.4. The van der Waals surface area contributed by atoms with Gasteiger partial charge in [-0.1, -0.05) is 106 Å². The number of methoxy groups -OCH3 is 2. The maximum absolute atomic E-state index is 13.4. The number of hydrogen-bond donors (Lipinski definition) is 8. The molecule has 4 saturated heterocycles. The largest absolute Gasteiger partial charge is 0.453 e. The number of fused-ring (bicyclic) bond motifs is 2. The molecule has 4 fully saturated rings. The van der Waals surface area contributed by atoms with Gasteiger partial charge in [0.2, 0.25) is 71.0 Å². The van der Waals surface area contributed by atoms with E-state index in [0.29, 0.717) is 94.4 Å². The van der Waals surface area contributed by atoms with Crippen molar-refractivity contribution in [3.63, 3.8) is 0 Å². The summed E-state index contributed by atoms with van der Waals surface area (Å²) in [7, 11) is 2.47. The Morgan fingerprint density at radius 1 is 0.389 bits per heavy atom. The van der Waals surface area contributed by atoms with E-state index in [1.165, 1.54) is 24.0 Å². The molecule has 12 amide bonds. The van der Waals surface area contributed by atoms with E-state index in [-0.39, 0.29) is 102 Å². The lowest BCUT2D eigenvalue weighted by atomic mass is 10.0. The molecule has 8 N–H and O–H groups in total. The Bertz CT molecular complexity index is 4040. The molecule has 6 aromatic rings. The van der Waals surface area contributed by atoms with Crippen LogP contribution in [0.25, 0.3) is 43.9 Å².